The number of carbonyl (C=O) groups excluding carboxylic acids is 1. The summed E-state index contributed by atoms with van der Waals surface area (Å²) in [4.78, 5) is 22.1. The lowest BCUT2D eigenvalue weighted by Crippen LogP contribution is -2.24. The van der Waals surface area contributed by atoms with Crippen molar-refractivity contribution >= 4 is 11.8 Å². The van der Waals surface area contributed by atoms with Crippen molar-refractivity contribution in [1.29, 1.82) is 0 Å². The first-order chi connectivity index (χ1) is 8.02. The van der Waals surface area contributed by atoms with E-state index in [1.54, 1.807) is 12.1 Å². The number of aliphatic carboxylic acids is 1. The number of carbonyl (C=O) groups is 2. The zero-order valence-corrected chi connectivity index (χ0v) is 9.30. The maximum atomic E-state index is 11.1. The van der Waals surface area contributed by atoms with Crippen molar-refractivity contribution in [3.63, 3.8) is 0 Å². The molecule has 5 heteroatoms. The minimum Gasteiger partial charge on any atom is -0.508 e. The van der Waals surface area contributed by atoms with Crippen LogP contribution >= 0.6 is 0 Å². The summed E-state index contributed by atoms with van der Waals surface area (Å²) >= 11 is 0. The number of nitrogens with two attached hydrogens (primary N) is 1. The van der Waals surface area contributed by atoms with Crippen LogP contribution in [0.25, 0.3) is 0 Å². The standard InChI is InChI=1S/C12H15NO4/c13-7-11(15)6-9(12(16)17)5-8-1-3-10(14)4-2-8/h1-4,9,14H,5-7,13H2,(H,16,17)/t9-/m1/s1. The number of phenols is 1. The summed E-state index contributed by atoms with van der Waals surface area (Å²) in [6.07, 6.45) is 0.189. The van der Waals surface area contributed by atoms with Gasteiger partial charge in [-0.25, -0.2) is 0 Å². The van der Waals surface area contributed by atoms with Gasteiger partial charge in [-0.2, -0.15) is 0 Å². The molecule has 5 nitrogen and oxygen atoms in total. The van der Waals surface area contributed by atoms with E-state index in [0.29, 0.717) is 0 Å². The van der Waals surface area contributed by atoms with E-state index in [1.165, 1.54) is 12.1 Å². The number of rotatable bonds is 6. The van der Waals surface area contributed by atoms with Gasteiger partial charge in [0.15, 0.2) is 0 Å². The number of phenolic OH excluding ortho intramolecular Hbond substituents is 1. The SMILES string of the molecule is NCC(=O)C[C@@H](Cc1ccc(O)cc1)C(=O)O. The molecule has 1 aromatic carbocycles. The Labute approximate surface area is 98.9 Å². The van der Waals surface area contributed by atoms with Crippen LogP contribution < -0.4 is 5.73 Å². The van der Waals surface area contributed by atoms with Crippen molar-refractivity contribution in [3.05, 3.63) is 29.8 Å². The van der Waals surface area contributed by atoms with Crippen LogP contribution in [0, 0.1) is 5.92 Å². The van der Waals surface area contributed by atoms with Crippen LogP contribution in [0.2, 0.25) is 0 Å². The van der Waals surface area contributed by atoms with E-state index in [4.69, 9.17) is 15.9 Å². The van der Waals surface area contributed by atoms with Crippen molar-refractivity contribution in [2.75, 3.05) is 6.54 Å². The van der Waals surface area contributed by atoms with Crippen LogP contribution in [0.1, 0.15) is 12.0 Å². The predicted octanol–water partition coefficient (Wildman–Crippen LogP) is 0.553. The number of benzene rings is 1. The van der Waals surface area contributed by atoms with Crippen molar-refractivity contribution in [1.82, 2.24) is 0 Å². The Morgan fingerprint density at radius 2 is 1.82 bits per heavy atom. The Hall–Kier alpha value is -1.88. The maximum absolute atomic E-state index is 11.1. The number of carboxylic acids is 1. The summed E-state index contributed by atoms with van der Waals surface area (Å²) in [5.41, 5.74) is 5.92. The quantitative estimate of drug-likeness (QED) is 0.671. The molecule has 0 aliphatic carbocycles. The number of hydrogen-bond donors (Lipinski definition) is 3. The number of aromatic hydroxyl groups is 1. The average Bonchev–Trinajstić information content (AvgIpc) is 2.30. The van der Waals surface area contributed by atoms with E-state index in [0.717, 1.165) is 5.56 Å². The van der Waals surface area contributed by atoms with Crippen LogP contribution in [-0.2, 0) is 16.0 Å². The third kappa shape index (κ3) is 4.24. The van der Waals surface area contributed by atoms with E-state index in [-0.39, 0.29) is 30.9 Å². The Bertz CT molecular complexity index is 399. The van der Waals surface area contributed by atoms with Gasteiger partial charge in [-0.05, 0) is 24.1 Å². The first kappa shape index (κ1) is 13.2. The number of Topliss-reactive ketones (excluding diaryl/α,β-unsaturated/α-hetero) is 1. The normalized spacial score (nSPS) is 12.1. The Kier molecular flexibility index (Phi) is 4.66. The summed E-state index contributed by atoms with van der Waals surface area (Å²) < 4.78 is 0. The molecular weight excluding hydrogens is 222 g/mol. The second-order valence-electron chi connectivity index (χ2n) is 3.85. The van der Waals surface area contributed by atoms with Crippen LogP contribution in [0.4, 0.5) is 0 Å². The average molecular weight is 237 g/mol. The van der Waals surface area contributed by atoms with Gasteiger partial charge in [0.2, 0.25) is 0 Å². The third-order valence-electron chi connectivity index (χ3n) is 2.47. The minimum atomic E-state index is -1.01. The van der Waals surface area contributed by atoms with Gasteiger partial charge in [-0.1, -0.05) is 12.1 Å². The lowest BCUT2D eigenvalue weighted by Gasteiger charge is -2.11. The number of carboxylic acid groups (broad SMARTS) is 1. The molecule has 92 valence electrons. The molecule has 17 heavy (non-hydrogen) atoms. The fourth-order valence-electron chi connectivity index (χ4n) is 1.52. The van der Waals surface area contributed by atoms with Gasteiger partial charge in [-0.3, -0.25) is 9.59 Å². The third-order valence-corrected chi connectivity index (χ3v) is 2.47. The molecule has 0 aliphatic heterocycles. The molecule has 0 aliphatic rings. The van der Waals surface area contributed by atoms with Crippen LogP contribution in [0.5, 0.6) is 5.75 Å². The first-order valence-electron chi connectivity index (χ1n) is 5.25. The van der Waals surface area contributed by atoms with Gasteiger partial charge < -0.3 is 15.9 Å². The molecule has 1 aromatic rings. The first-order valence-corrected chi connectivity index (χ1v) is 5.25. The van der Waals surface area contributed by atoms with Gasteiger partial charge in [0.25, 0.3) is 0 Å². The molecule has 0 heterocycles. The highest BCUT2D eigenvalue weighted by Crippen LogP contribution is 2.16. The zero-order chi connectivity index (χ0) is 12.8. The summed E-state index contributed by atoms with van der Waals surface area (Å²) in [5, 5.41) is 18.1. The molecule has 0 saturated heterocycles. The Balaban J connectivity index is 2.70. The second-order valence-corrected chi connectivity index (χ2v) is 3.85. The van der Waals surface area contributed by atoms with E-state index in [1.807, 2.05) is 0 Å². The molecular formula is C12H15NO4. The number of ketones is 1. The van der Waals surface area contributed by atoms with Crippen LogP contribution in [0.15, 0.2) is 24.3 Å². The molecule has 0 bridgehead atoms. The highest BCUT2D eigenvalue weighted by Gasteiger charge is 2.20. The molecule has 0 unspecified atom stereocenters. The lowest BCUT2D eigenvalue weighted by molar-refractivity contribution is -0.143. The van der Waals surface area contributed by atoms with E-state index in [2.05, 4.69) is 0 Å². The molecule has 0 amide bonds. The highest BCUT2D eigenvalue weighted by molar-refractivity contribution is 5.85. The van der Waals surface area contributed by atoms with Crippen LogP contribution in [0.3, 0.4) is 0 Å². The van der Waals surface area contributed by atoms with Crippen molar-refractivity contribution < 1.29 is 19.8 Å². The van der Waals surface area contributed by atoms with Gasteiger partial charge in [-0.15, -0.1) is 0 Å². The Morgan fingerprint density at radius 1 is 1.24 bits per heavy atom. The van der Waals surface area contributed by atoms with Crippen LogP contribution in [-0.4, -0.2) is 28.5 Å². The molecule has 0 spiro atoms. The Morgan fingerprint density at radius 3 is 2.29 bits per heavy atom. The van der Waals surface area contributed by atoms with E-state index >= 15 is 0 Å². The number of hydrogen-bond acceptors (Lipinski definition) is 4. The molecule has 0 aromatic heterocycles. The van der Waals surface area contributed by atoms with Crippen molar-refractivity contribution in [3.8, 4) is 5.75 Å². The maximum Gasteiger partial charge on any atom is 0.307 e. The summed E-state index contributed by atoms with van der Waals surface area (Å²) in [5.74, 6) is -1.93. The molecule has 0 saturated carbocycles. The van der Waals surface area contributed by atoms with Crippen molar-refractivity contribution in [2.24, 2.45) is 11.7 Å². The van der Waals surface area contributed by atoms with Gasteiger partial charge in [0, 0.05) is 6.42 Å². The fourth-order valence-corrected chi connectivity index (χ4v) is 1.52. The summed E-state index contributed by atoms with van der Waals surface area (Å²) in [6, 6.07) is 6.24. The largest absolute Gasteiger partial charge is 0.508 e. The lowest BCUT2D eigenvalue weighted by atomic mass is 9.94. The minimum absolute atomic E-state index is 0.0628. The summed E-state index contributed by atoms with van der Waals surface area (Å²) in [7, 11) is 0. The predicted molar refractivity (Wildman–Crippen MR) is 61.6 cm³/mol. The van der Waals surface area contributed by atoms with Gasteiger partial charge in [0.05, 0.1) is 12.5 Å². The molecule has 0 fully saturated rings. The summed E-state index contributed by atoms with van der Waals surface area (Å²) in [6.45, 7) is -0.140. The van der Waals surface area contributed by atoms with E-state index in [9.17, 15) is 9.59 Å². The highest BCUT2D eigenvalue weighted by atomic mass is 16.4. The molecule has 0 radical (unpaired) electrons. The van der Waals surface area contributed by atoms with Gasteiger partial charge in [0.1, 0.15) is 11.5 Å². The van der Waals surface area contributed by atoms with E-state index < -0.39 is 11.9 Å². The molecule has 4 N–H and O–H groups in total. The monoisotopic (exact) mass is 237 g/mol. The smallest absolute Gasteiger partial charge is 0.307 e. The van der Waals surface area contributed by atoms with Crippen molar-refractivity contribution in [2.45, 2.75) is 12.8 Å². The topological polar surface area (TPSA) is 101 Å². The zero-order valence-electron chi connectivity index (χ0n) is 9.30. The second kappa shape index (κ2) is 6.00. The van der Waals surface area contributed by atoms with Gasteiger partial charge >= 0.3 is 5.97 Å². The molecule has 1 atom stereocenters. The fraction of sp³-hybridized carbons (Fsp3) is 0.333. The molecule has 1 rings (SSSR count).